The SMILES string of the molecule is O=C1CS/C(=N\N=C2/SC(CC(=O)Nc3cccc(C(F)(F)F)c3)C(=O)N2Cc2ccco2)N1. The van der Waals surface area contributed by atoms with Crippen molar-refractivity contribution < 1.29 is 32.0 Å². The molecule has 2 aliphatic heterocycles. The van der Waals surface area contributed by atoms with E-state index in [1.165, 1.54) is 23.3 Å². The van der Waals surface area contributed by atoms with Crippen LogP contribution in [0.3, 0.4) is 0 Å². The van der Waals surface area contributed by atoms with Crippen LogP contribution in [0.2, 0.25) is 0 Å². The number of rotatable bonds is 6. The maximum Gasteiger partial charge on any atom is 0.416 e. The molecule has 0 radical (unpaired) electrons. The van der Waals surface area contributed by atoms with Crippen molar-refractivity contribution in [3.8, 4) is 0 Å². The van der Waals surface area contributed by atoms with Crippen molar-refractivity contribution in [3.63, 3.8) is 0 Å². The first-order valence-corrected chi connectivity index (χ1v) is 11.6. The lowest BCUT2D eigenvalue weighted by molar-refractivity contribution is -0.137. The Labute approximate surface area is 199 Å². The number of carbonyl (C=O) groups is 3. The van der Waals surface area contributed by atoms with Gasteiger partial charge in [-0.1, -0.05) is 29.6 Å². The maximum atomic E-state index is 13.0. The number of hydrogen-bond donors (Lipinski definition) is 2. The Morgan fingerprint density at radius 2 is 2.06 bits per heavy atom. The van der Waals surface area contributed by atoms with Gasteiger partial charge >= 0.3 is 6.18 Å². The van der Waals surface area contributed by atoms with Gasteiger partial charge in [0.05, 0.1) is 24.1 Å². The number of alkyl halides is 3. The molecule has 9 nitrogen and oxygen atoms in total. The van der Waals surface area contributed by atoms with Gasteiger partial charge in [0.25, 0.3) is 0 Å². The van der Waals surface area contributed by atoms with Gasteiger partial charge in [0, 0.05) is 12.1 Å². The van der Waals surface area contributed by atoms with E-state index in [1.807, 2.05) is 0 Å². The van der Waals surface area contributed by atoms with Crippen molar-refractivity contribution in [2.75, 3.05) is 11.1 Å². The molecule has 0 aliphatic carbocycles. The fourth-order valence-corrected chi connectivity index (χ4v) is 4.75. The van der Waals surface area contributed by atoms with E-state index in [4.69, 9.17) is 4.42 Å². The summed E-state index contributed by atoms with van der Waals surface area (Å²) in [5.74, 6) is -0.580. The normalized spacial score (nSPS) is 20.9. The third-order valence-electron chi connectivity index (χ3n) is 4.57. The van der Waals surface area contributed by atoms with Crippen LogP contribution in [0.25, 0.3) is 0 Å². The molecule has 0 spiro atoms. The minimum absolute atomic E-state index is 0.0306. The van der Waals surface area contributed by atoms with Crippen molar-refractivity contribution in [2.24, 2.45) is 10.2 Å². The first-order chi connectivity index (χ1) is 16.2. The van der Waals surface area contributed by atoms with E-state index >= 15 is 0 Å². The van der Waals surface area contributed by atoms with Crippen LogP contribution in [-0.2, 0) is 27.1 Å². The zero-order valence-corrected chi connectivity index (χ0v) is 18.8. The van der Waals surface area contributed by atoms with Gasteiger partial charge < -0.3 is 15.1 Å². The summed E-state index contributed by atoms with van der Waals surface area (Å²) in [5.41, 5.74) is -0.927. The molecule has 0 bridgehead atoms. The molecule has 2 aliphatic rings. The van der Waals surface area contributed by atoms with Gasteiger partial charge in [-0.3, -0.25) is 19.3 Å². The Morgan fingerprint density at radius 3 is 2.74 bits per heavy atom. The number of benzene rings is 1. The van der Waals surface area contributed by atoms with E-state index in [-0.39, 0.29) is 40.6 Å². The summed E-state index contributed by atoms with van der Waals surface area (Å²) in [7, 11) is 0. The Balaban J connectivity index is 1.47. The Bertz CT molecular complexity index is 1170. The molecule has 34 heavy (non-hydrogen) atoms. The minimum Gasteiger partial charge on any atom is -0.467 e. The highest BCUT2D eigenvalue weighted by Gasteiger charge is 2.40. The van der Waals surface area contributed by atoms with Crippen LogP contribution >= 0.6 is 23.5 Å². The largest absolute Gasteiger partial charge is 0.467 e. The third-order valence-corrected chi connectivity index (χ3v) is 6.60. The Morgan fingerprint density at radius 1 is 1.24 bits per heavy atom. The van der Waals surface area contributed by atoms with Gasteiger partial charge in [0.15, 0.2) is 10.3 Å². The molecule has 1 atom stereocenters. The first kappa shape index (κ1) is 23.9. The summed E-state index contributed by atoms with van der Waals surface area (Å²) in [5, 5.41) is 12.6. The number of carbonyl (C=O) groups excluding carboxylic acids is 3. The van der Waals surface area contributed by atoms with Crippen molar-refractivity contribution in [1.29, 1.82) is 0 Å². The number of anilines is 1. The van der Waals surface area contributed by atoms with Crippen LogP contribution < -0.4 is 10.6 Å². The predicted molar refractivity (Wildman–Crippen MR) is 121 cm³/mol. The summed E-state index contributed by atoms with van der Waals surface area (Å²) >= 11 is 2.16. The number of nitrogens with one attached hydrogen (secondary N) is 2. The summed E-state index contributed by atoms with van der Waals surface area (Å²) < 4.78 is 44.0. The van der Waals surface area contributed by atoms with Gasteiger partial charge in [-0.15, -0.1) is 10.2 Å². The molecular weight excluding hydrogens is 495 g/mol. The third kappa shape index (κ3) is 5.80. The summed E-state index contributed by atoms with van der Waals surface area (Å²) in [6.07, 6.45) is -3.39. The Hall–Kier alpha value is -3.26. The van der Waals surface area contributed by atoms with Gasteiger partial charge in [-0.25, -0.2) is 0 Å². The molecule has 2 saturated heterocycles. The van der Waals surface area contributed by atoms with E-state index in [0.29, 0.717) is 5.76 Å². The van der Waals surface area contributed by atoms with Crippen LogP contribution in [0.5, 0.6) is 0 Å². The van der Waals surface area contributed by atoms with E-state index < -0.39 is 28.8 Å². The topological polar surface area (TPSA) is 116 Å². The second-order valence-corrected chi connectivity index (χ2v) is 9.20. The van der Waals surface area contributed by atoms with E-state index in [0.717, 1.165) is 35.7 Å². The van der Waals surface area contributed by atoms with Crippen molar-refractivity contribution in [1.82, 2.24) is 10.2 Å². The van der Waals surface area contributed by atoms with Crippen LogP contribution in [0.4, 0.5) is 18.9 Å². The van der Waals surface area contributed by atoms with Gasteiger partial charge in [0.2, 0.25) is 17.7 Å². The summed E-state index contributed by atoms with van der Waals surface area (Å²) in [6, 6.07) is 7.56. The first-order valence-electron chi connectivity index (χ1n) is 9.75. The smallest absolute Gasteiger partial charge is 0.416 e. The van der Waals surface area contributed by atoms with Crippen molar-refractivity contribution >= 4 is 57.3 Å². The fourth-order valence-electron chi connectivity index (χ4n) is 3.04. The van der Waals surface area contributed by atoms with Gasteiger partial charge in [-0.05, 0) is 30.3 Å². The monoisotopic (exact) mass is 511 g/mol. The number of thioether (sulfide) groups is 2. The van der Waals surface area contributed by atoms with Gasteiger partial charge in [-0.2, -0.15) is 13.2 Å². The van der Waals surface area contributed by atoms with Crippen LogP contribution in [0.1, 0.15) is 17.7 Å². The molecule has 14 heteroatoms. The quantitative estimate of drug-likeness (QED) is 0.575. The average Bonchev–Trinajstić information content (AvgIpc) is 3.50. The zero-order chi connectivity index (χ0) is 24.3. The molecule has 2 N–H and O–H groups in total. The number of amides is 3. The maximum absolute atomic E-state index is 13.0. The number of amidine groups is 2. The van der Waals surface area contributed by atoms with E-state index in [1.54, 1.807) is 12.1 Å². The zero-order valence-electron chi connectivity index (χ0n) is 17.2. The molecule has 3 amide bonds. The molecule has 1 unspecified atom stereocenters. The fraction of sp³-hybridized carbons (Fsp3) is 0.250. The van der Waals surface area contributed by atoms with Crippen molar-refractivity contribution in [2.45, 2.75) is 24.4 Å². The van der Waals surface area contributed by atoms with Gasteiger partial charge in [0.1, 0.15) is 11.0 Å². The second kappa shape index (κ2) is 9.93. The number of furan rings is 1. The highest BCUT2D eigenvalue weighted by atomic mass is 32.2. The molecular formula is C20H16F3N5O4S2. The molecule has 2 aromatic rings. The molecule has 4 rings (SSSR count). The Kier molecular flexibility index (Phi) is 6.97. The summed E-state index contributed by atoms with van der Waals surface area (Å²) in [6.45, 7) is 0.0494. The summed E-state index contributed by atoms with van der Waals surface area (Å²) in [4.78, 5) is 38.1. The molecule has 178 valence electrons. The number of nitrogens with zero attached hydrogens (tertiary/aromatic N) is 3. The lowest BCUT2D eigenvalue weighted by Gasteiger charge is -2.14. The number of hydrogen-bond acceptors (Lipinski definition) is 8. The number of halogens is 3. The van der Waals surface area contributed by atoms with Crippen LogP contribution in [-0.4, -0.2) is 44.0 Å². The van der Waals surface area contributed by atoms with Crippen molar-refractivity contribution in [3.05, 3.63) is 54.0 Å². The highest BCUT2D eigenvalue weighted by molar-refractivity contribution is 8.15. The molecule has 3 heterocycles. The molecule has 1 aromatic carbocycles. The molecule has 1 aromatic heterocycles. The molecule has 0 saturated carbocycles. The van der Waals surface area contributed by atoms with Crippen LogP contribution in [0, 0.1) is 0 Å². The second-order valence-electron chi connectivity index (χ2n) is 7.07. The lowest BCUT2D eigenvalue weighted by atomic mass is 10.2. The standard InChI is InChI=1S/C20H16F3N5O4S2/c21-20(22,23)11-3-1-4-12(7-11)24-15(29)8-14-17(31)28(9-13-5-2-6-32-13)19(34-14)27-26-18-25-16(30)10-33-18/h1-7,14H,8-10H2,(H,24,29)(H,25,26,30)/b27-19-. The van der Waals surface area contributed by atoms with E-state index in [2.05, 4.69) is 20.8 Å². The average molecular weight is 512 g/mol. The van der Waals surface area contributed by atoms with Crippen LogP contribution in [0.15, 0.2) is 57.3 Å². The molecule has 2 fully saturated rings. The highest BCUT2D eigenvalue weighted by Crippen LogP contribution is 2.33. The minimum atomic E-state index is -4.55. The lowest BCUT2D eigenvalue weighted by Crippen LogP contribution is -2.33. The predicted octanol–water partition coefficient (Wildman–Crippen LogP) is 3.26. The van der Waals surface area contributed by atoms with E-state index in [9.17, 15) is 27.6 Å².